The second kappa shape index (κ2) is 9.50. The number of hydrogen-bond acceptors (Lipinski definition) is 4. The van der Waals surface area contributed by atoms with Gasteiger partial charge in [0.15, 0.2) is 0 Å². The summed E-state index contributed by atoms with van der Waals surface area (Å²) in [6.45, 7) is 8.27. The van der Waals surface area contributed by atoms with Crippen LogP contribution in [0.15, 0.2) is 18.2 Å². The first-order chi connectivity index (χ1) is 13.5. The molecule has 156 valence electrons. The van der Waals surface area contributed by atoms with Crippen molar-refractivity contribution in [3.05, 3.63) is 23.8 Å². The Labute approximate surface area is 169 Å². The molecule has 0 aromatic heterocycles. The molecule has 3 rings (SSSR count). The topological polar surface area (TPSA) is 54.0 Å². The fraction of sp³-hybridized carbons (Fsp3) is 0.682. The molecule has 1 N–H and O–H groups in total. The molecular formula is C22H35N3O3. The summed E-state index contributed by atoms with van der Waals surface area (Å²) in [5.74, 6) is 2.36. The Morgan fingerprint density at radius 3 is 2.61 bits per heavy atom. The van der Waals surface area contributed by atoms with Crippen LogP contribution in [0.4, 0.5) is 4.79 Å². The Bertz CT molecular complexity index is 658. The number of amides is 2. The van der Waals surface area contributed by atoms with Gasteiger partial charge in [-0.05, 0) is 63.7 Å². The predicted molar refractivity (Wildman–Crippen MR) is 111 cm³/mol. The molecule has 2 unspecified atom stereocenters. The van der Waals surface area contributed by atoms with Gasteiger partial charge in [0.1, 0.15) is 11.5 Å². The van der Waals surface area contributed by atoms with Gasteiger partial charge >= 0.3 is 6.03 Å². The van der Waals surface area contributed by atoms with Crippen molar-refractivity contribution in [1.29, 1.82) is 0 Å². The fourth-order valence-corrected chi connectivity index (χ4v) is 4.36. The van der Waals surface area contributed by atoms with Gasteiger partial charge in [-0.15, -0.1) is 0 Å². The van der Waals surface area contributed by atoms with Crippen LogP contribution in [0.2, 0.25) is 0 Å². The first-order valence-electron chi connectivity index (χ1n) is 10.5. The fourth-order valence-electron chi connectivity index (χ4n) is 4.36. The van der Waals surface area contributed by atoms with E-state index in [1.54, 1.807) is 14.2 Å². The molecule has 2 amide bonds. The molecule has 1 aromatic carbocycles. The number of benzene rings is 1. The van der Waals surface area contributed by atoms with Crippen LogP contribution in [-0.4, -0.2) is 62.3 Å². The lowest BCUT2D eigenvalue weighted by molar-refractivity contribution is 0.141. The quantitative estimate of drug-likeness (QED) is 0.807. The first-order valence-corrected chi connectivity index (χ1v) is 10.5. The van der Waals surface area contributed by atoms with E-state index in [-0.39, 0.29) is 12.1 Å². The second-order valence-corrected chi connectivity index (χ2v) is 8.21. The zero-order valence-corrected chi connectivity index (χ0v) is 17.7. The van der Waals surface area contributed by atoms with E-state index < -0.39 is 0 Å². The van der Waals surface area contributed by atoms with Crippen molar-refractivity contribution in [1.82, 2.24) is 15.1 Å². The van der Waals surface area contributed by atoms with Crippen molar-refractivity contribution in [2.75, 3.05) is 40.4 Å². The third-order valence-electron chi connectivity index (χ3n) is 6.30. The van der Waals surface area contributed by atoms with E-state index in [1.807, 2.05) is 23.1 Å². The Morgan fingerprint density at radius 2 is 1.93 bits per heavy atom. The second-order valence-electron chi connectivity index (χ2n) is 8.21. The zero-order chi connectivity index (χ0) is 20.1. The van der Waals surface area contributed by atoms with E-state index in [9.17, 15) is 4.79 Å². The van der Waals surface area contributed by atoms with Crippen LogP contribution in [0.1, 0.15) is 51.1 Å². The van der Waals surface area contributed by atoms with Crippen molar-refractivity contribution in [2.45, 2.75) is 51.6 Å². The van der Waals surface area contributed by atoms with Crippen LogP contribution < -0.4 is 14.8 Å². The largest absolute Gasteiger partial charge is 0.497 e. The minimum absolute atomic E-state index is 0.0256. The van der Waals surface area contributed by atoms with E-state index in [0.29, 0.717) is 12.6 Å². The third-order valence-corrected chi connectivity index (χ3v) is 6.30. The van der Waals surface area contributed by atoms with Gasteiger partial charge in [0.2, 0.25) is 0 Å². The average Bonchev–Trinajstić information content (AvgIpc) is 3.21. The molecule has 2 fully saturated rings. The molecule has 0 radical (unpaired) electrons. The highest BCUT2D eigenvalue weighted by molar-refractivity contribution is 5.75. The number of ether oxygens (including phenoxy) is 2. The number of carbonyl (C=O) groups is 1. The van der Waals surface area contributed by atoms with Crippen molar-refractivity contribution < 1.29 is 14.3 Å². The van der Waals surface area contributed by atoms with Crippen LogP contribution in [0.25, 0.3) is 0 Å². The number of piperidine rings is 1. The number of nitrogens with zero attached hydrogens (tertiary/aromatic N) is 2. The summed E-state index contributed by atoms with van der Waals surface area (Å²) in [6.07, 6.45) is 4.47. The maximum atomic E-state index is 12.9. The Kier molecular flexibility index (Phi) is 7.05. The maximum Gasteiger partial charge on any atom is 0.317 e. The van der Waals surface area contributed by atoms with Crippen LogP contribution in [0, 0.1) is 5.92 Å². The SMILES string of the molecule is COc1ccc(C2CCCN2C(=O)NCC(C)N2CCC(C)CC2)c(OC)c1. The number of urea groups is 1. The highest BCUT2D eigenvalue weighted by Crippen LogP contribution is 2.38. The van der Waals surface area contributed by atoms with Gasteiger partial charge < -0.3 is 19.7 Å². The van der Waals surface area contributed by atoms with Crippen molar-refractivity contribution >= 4 is 6.03 Å². The van der Waals surface area contributed by atoms with E-state index >= 15 is 0 Å². The standard InChI is InChI=1S/C22H35N3O3/c1-16-9-12-24(13-10-16)17(2)15-23-22(26)25-11-5-6-20(25)19-8-7-18(27-3)14-21(19)28-4/h7-8,14,16-17,20H,5-6,9-13,15H2,1-4H3,(H,23,26). The molecule has 28 heavy (non-hydrogen) atoms. The minimum atomic E-state index is 0.0256. The molecule has 0 bridgehead atoms. The zero-order valence-electron chi connectivity index (χ0n) is 17.7. The molecule has 1 aromatic rings. The van der Waals surface area contributed by atoms with Crippen molar-refractivity contribution in [3.8, 4) is 11.5 Å². The summed E-state index contributed by atoms with van der Waals surface area (Å²) in [5.41, 5.74) is 1.05. The summed E-state index contributed by atoms with van der Waals surface area (Å²) in [6, 6.07) is 6.29. The number of carbonyl (C=O) groups excluding carboxylic acids is 1. The summed E-state index contributed by atoms with van der Waals surface area (Å²) in [7, 11) is 3.31. The maximum absolute atomic E-state index is 12.9. The normalized spacial score (nSPS) is 22.1. The molecule has 0 saturated carbocycles. The minimum Gasteiger partial charge on any atom is -0.497 e. The summed E-state index contributed by atoms with van der Waals surface area (Å²) >= 11 is 0. The monoisotopic (exact) mass is 389 g/mol. The molecule has 2 aliphatic rings. The first kappa shape index (κ1) is 20.8. The average molecular weight is 390 g/mol. The molecule has 6 nitrogen and oxygen atoms in total. The lowest BCUT2D eigenvalue weighted by atomic mass is 9.98. The van der Waals surface area contributed by atoms with Gasteiger partial charge in [-0.25, -0.2) is 4.79 Å². The smallest absolute Gasteiger partial charge is 0.317 e. The van der Waals surface area contributed by atoms with Gasteiger partial charge in [0, 0.05) is 30.8 Å². The Hall–Kier alpha value is -1.95. The Morgan fingerprint density at radius 1 is 1.18 bits per heavy atom. The highest BCUT2D eigenvalue weighted by atomic mass is 16.5. The van der Waals surface area contributed by atoms with Crippen molar-refractivity contribution in [2.24, 2.45) is 5.92 Å². The van der Waals surface area contributed by atoms with Gasteiger partial charge in [-0.1, -0.05) is 6.92 Å². The highest BCUT2D eigenvalue weighted by Gasteiger charge is 2.32. The molecule has 2 atom stereocenters. The van der Waals surface area contributed by atoms with Crippen LogP contribution in [0.5, 0.6) is 11.5 Å². The molecule has 0 aliphatic carbocycles. The lowest BCUT2D eigenvalue weighted by Crippen LogP contribution is -2.48. The predicted octanol–water partition coefficient (Wildman–Crippen LogP) is 3.67. The van der Waals surface area contributed by atoms with Gasteiger partial charge in [0.05, 0.1) is 20.3 Å². The number of likely N-dealkylation sites (tertiary alicyclic amines) is 2. The molecule has 2 saturated heterocycles. The number of hydrogen-bond donors (Lipinski definition) is 1. The van der Waals surface area contributed by atoms with E-state index in [4.69, 9.17) is 9.47 Å². The van der Waals surface area contributed by atoms with Crippen LogP contribution in [0.3, 0.4) is 0 Å². The molecule has 2 heterocycles. The summed E-state index contributed by atoms with van der Waals surface area (Å²) < 4.78 is 10.9. The number of methoxy groups -OCH3 is 2. The van der Waals surface area contributed by atoms with Crippen molar-refractivity contribution in [3.63, 3.8) is 0 Å². The van der Waals surface area contributed by atoms with Gasteiger partial charge in [-0.3, -0.25) is 4.90 Å². The molecule has 2 aliphatic heterocycles. The number of rotatable bonds is 6. The van der Waals surface area contributed by atoms with Crippen LogP contribution >= 0.6 is 0 Å². The third kappa shape index (κ3) is 4.72. The van der Waals surface area contributed by atoms with E-state index in [2.05, 4.69) is 24.1 Å². The Balaban J connectivity index is 1.60. The summed E-state index contributed by atoms with van der Waals surface area (Å²) in [4.78, 5) is 17.4. The van der Waals surface area contributed by atoms with E-state index in [0.717, 1.165) is 55.5 Å². The molecule has 6 heteroatoms. The van der Waals surface area contributed by atoms with Crippen LogP contribution in [-0.2, 0) is 0 Å². The number of nitrogens with one attached hydrogen (secondary N) is 1. The van der Waals surface area contributed by atoms with E-state index in [1.165, 1.54) is 12.8 Å². The molecule has 0 spiro atoms. The molecular weight excluding hydrogens is 354 g/mol. The van der Waals surface area contributed by atoms with Gasteiger partial charge in [-0.2, -0.15) is 0 Å². The lowest BCUT2D eigenvalue weighted by Gasteiger charge is -2.35. The summed E-state index contributed by atoms with van der Waals surface area (Å²) in [5, 5.41) is 3.17. The van der Waals surface area contributed by atoms with Gasteiger partial charge in [0.25, 0.3) is 0 Å².